The van der Waals surface area contributed by atoms with E-state index in [0.29, 0.717) is 12.0 Å². The first kappa shape index (κ1) is 22.3. The van der Waals surface area contributed by atoms with Gasteiger partial charge in [-0.15, -0.1) is 0 Å². The molecule has 3 aliphatic rings. The quantitative estimate of drug-likeness (QED) is 0.392. The Morgan fingerprint density at radius 3 is 2.60 bits per heavy atom. The Labute approximate surface area is 184 Å². The maximum absolute atomic E-state index is 15.6. The summed E-state index contributed by atoms with van der Waals surface area (Å²) in [5.41, 5.74) is 3.42. The zero-order valence-electron chi connectivity index (χ0n) is 19.4. The van der Waals surface area contributed by atoms with Gasteiger partial charge in [0.15, 0.2) is 0 Å². The molecule has 0 aliphatic heterocycles. The van der Waals surface area contributed by atoms with E-state index in [1.54, 1.807) is 0 Å². The topological polar surface area (TPSA) is 9.23 Å². The smallest absolute Gasteiger partial charge is 0.130 e. The molecule has 2 fully saturated rings. The summed E-state index contributed by atoms with van der Waals surface area (Å²) in [6, 6.07) is 4.46. The molecule has 0 aromatic heterocycles. The van der Waals surface area contributed by atoms with Gasteiger partial charge in [-0.25, -0.2) is 4.39 Å². The van der Waals surface area contributed by atoms with Crippen LogP contribution < -0.4 is 0 Å². The summed E-state index contributed by atoms with van der Waals surface area (Å²) in [6.45, 7) is 5.37. The van der Waals surface area contributed by atoms with Crippen LogP contribution in [0.2, 0.25) is 0 Å². The predicted molar refractivity (Wildman–Crippen MR) is 124 cm³/mol. The zero-order valence-corrected chi connectivity index (χ0v) is 19.4. The van der Waals surface area contributed by atoms with Crippen molar-refractivity contribution < 1.29 is 9.13 Å². The first-order valence-electron chi connectivity index (χ1n) is 13.1. The van der Waals surface area contributed by atoms with Crippen LogP contribution in [0.15, 0.2) is 12.1 Å². The normalized spacial score (nSPS) is 31.2. The third-order valence-electron chi connectivity index (χ3n) is 8.46. The first-order chi connectivity index (χ1) is 14.7. The van der Waals surface area contributed by atoms with E-state index >= 15 is 4.39 Å². The van der Waals surface area contributed by atoms with Crippen molar-refractivity contribution in [2.24, 2.45) is 17.8 Å². The van der Waals surface area contributed by atoms with E-state index in [9.17, 15) is 0 Å². The van der Waals surface area contributed by atoms with Crippen molar-refractivity contribution >= 4 is 0 Å². The number of fused-ring (bicyclic) bond motifs is 2. The van der Waals surface area contributed by atoms with E-state index in [1.807, 2.05) is 0 Å². The van der Waals surface area contributed by atoms with Crippen LogP contribution in [0.1, 0.15) is 114 Å². The number of hydrogen-bond donors (Lipinski definition) is 0. The van der Waals surface area contributed by atoms with Gasteiger partial charge < -0.3 is 4.74 Å². The van der Waals surface area contributed by atoms with Crippen molar-refractivity contribution in [2.45, 2.75) is 116 Å². The molecule has 2 saturated carbocycles. The minimum Gasteiger partial charge on any atom is -0.378 e. The van der Waals surface area contributed by atoms with Crippen molar-refractivity contribution in [3.63, 3.8) is 0 Å². The molecule has 0 saturated heterocycles. The minimum atomic E-state index is 0.169. The highest BCUT2D eigenvalue weighted by Gasteiger charge is 2.37. The standard InChI is InChI=1S/C28H43FO/c1-3-5-6-7-20-8-14-26-23(17-20)12-15-27(28(26)29)24-10-9-22-19-25(30-16-4-2)13-11-21(22)18-24/h12,15,20-22,24-25H,3-11,13-14,16-19H2,1-2H3. The fraction of sp³-hybridized carbons (Fsp3) is 0.786. The maximum Gasteiger partial charge on any atom is 0.130 e. The largest absolute Gasteiger partial charge is 0.378 e. The molecule has 4 rings (SSSR count). The molecule has 0 amide bonds. The van der Waals surface area contributed by atoms with Crippen LogP contribution in [0, 0.1) is 23.6 Å². The van der Waals surface area contributed by atoms with Crippen molar-refractivity contribution in [1.82, 2.24) is 0 Å². The molecule has 30 heavy (non-hydrogen) atoms. The highest BCUT2D eigenvalue weighted by molar-refractivity contribution is 5.38. The van der Waals surface area contributed by atoms with Crippen LogP contribution in [0.3, 0.4) is 0 Å². The van der Waals surface area contributed by atoms with E-state index in [2.05, 4.69) is 26.0 Å². The summed E-state index contributed by atoms with van der Waals surface area (Å²) < 4.78 is 21.6. The Balaban J connectivity index is 1.37. The van der Waals surface area contributed by atoms with Gasteiger partial charge in [0.25, 0.3) is 0 Å². The Kier molecular flexibility index (Phi) is 7.90. The average molecular weight is 415 g/mol. The van der Waals surface area contributed by atoms with E-state index < -0.39 is 0 Å². The lowest BCUT2D eigenvalue weighted by atomic mass is 9.65. The molecule has 3 aliphatic carbocycles. The fourth-order valence-electron chi connectivity index (χ4n) is 6.71. The zero-order chi connectivity index (χ0) is 20.9. The van der Waals surface area contributed by atoms with E-state index in [1.165, 1.54) is 69.8 Å². The number of hydrogen-bond acceptors (Lipinski definition) is 1. The van der Waals surface area contributed by atoms with E-state index in [4.69, 9.17) is 4.74 Å². The van der Waals surface area contributed by atoms with E-state index in [-0.39, 0.29) is 5.82 Å². The maximum atomic E-state index is 15.6. The second-order valence-corrected chi connectivity index (χ2v) is 10.5. The van der Waals surface area contributed by atoms with Gasteiger partial charge in [0, 0.05) is 6.61 Å². The summed E-state index contributed by atoms with van der Waals surface area (Å²) in [6.07, 6.45) is 17.5. The molecule has 5 atom stereocenters. The van der Waals surface area contributed by atoms with Crippen LogP contribution in [-0.2, 0) is 17.6 Å². The third-order valence-corrected chi connectivity index (χ3v) is 8.46. The number of rotatable bonds is 8. The van der Waals surface area contributed by atoms with Gasteiger partial charge >= 0.3 is 0 Å². The minimum absolute atomic E-state index is 0.169. The van der Waals surface area contributed by atoms with Crippen molar-refractivity contribution in [2.75, 3.05) is 6.61 Å². The summed E-state index contributed by atoms with van der Waals surface area (Å²) in [5, 5.41) is 0. The first-order valence-corrected chi connectivity index (χ1v) is 13.1. The van der Waals surface area contributed by atoms with Crippen LogP contribution in [0.4, 0.5) is 4.39 Å². The van der Waals surface area contributed by atoms with Gasteiger partial charge in [-0.1, -0.05) is 51.7 Å². The van der Waals surface area contributed by atoms with Gasteiger partial charge in [-0.2, -0.15) is 0 Å². The predicted octanol–water partition coefficient (Wildman–Crippen LogP) is 7.99. The molecule has 168 valence electrons. The molecule has 0 heterocycles. The number of ether oxygens (including phenoxy) is 1. The average Bonchev–Trinajstić information content (AvgIpc) is 2.77. The van der Waals surface area contributed by atoms with Crippen molar-refractivity contribution in [1.29, 1.82) is 0 Å². The van der Waals surface area contributed by atoms with Crippen LogP contribution in [0.25, 0.3) is 0 Å². The molecule has 1 aromatic carbocycles. The summed E-state index contributed by atoms with van der Waals surface area (Å²) in [4.78, 5) is 0. The molecular weight excluding hydrogens is 371 g/mol. The molecule has 1 aromatic rings. The summed E-state index contributed by atoms with van der Waals surface area (Å²) in [7, 11) is 0. The van der Waals surface area contributed by atoms with E-state index in [0.717, 1.165) is 61.2 Å². The highest BCUT2D eigenvalue weighted by atomic mass is 19.1. The molecule has 0 spiro atoms. The molecule has 0 N–H and O–H groups in total. The Bertz CT molecular complexity index is 683. The van der Waals surface area contributed by atoms with Gasteiger partial charge in [-0.3, -0.25) is 0 Å². The second-order valence-electron chi connectivity index (χ2n) is 10.5. The Morgan fingerprint density at radius 2 is 1.77 bits per heavy atom. The van der Waals surface area contributed by atoms with Crippen molar-refractivity contribution in [3.05, 3.63) is 34.6 Å². The SMILES string of the molecule is CCCCCC1CCc2c(ccc(C3CCC4CC(OCCC)CCC4C3)c2F)C1. The molecular formula is C28H43FO. The molecule has 0 bridgehead atoms. The summed E-state index contributed by atoms with van der Waals surface area (Å²) >= 11 is 0. The number of halogens is 1. The third kappa shape index (κ3) is 5.12. The van der Waals surface area contributed by atoms with Gasteiger partial charge in [0.1, 0.15) is 5.82 Å². The second kappa shape index (κ2) is 10.6. The molecule has 0 radical (unpaired) electrons. The lowest BCUT2D eigenvalue weighted by molar-refractivity contribution is -0.0148. The number of benzene rings is 1. The van der Waals surface area contributed by atoms with Crippen molar-refractivity contribution in [3.8, 4) is 0 Å². The highest BCUT2D eigenvalue weighted by Crippen LogP contribution is 2.47. The molecule has 5 unspecified atom stereocenters. The van der Waals surface area contributed by atoms with Crippen LogP contribution in [-0.4, -0.2) is 12.7 Å². The van der Waals surface area contributed by atoms with Gasteiger partial charge in [-0.05, 0) is 105 Å². The summed E-state index contributed by atoms with van der Waals surface area (Å²) in [5.74, 6) is 2.97. The fourth-order valence-corrected chi connectivity index (χ4v) is 6.71. The lowest BCUT2D eigenvalue weighted by Gasteiger charge is -2.42. The van der Waals surface area contributed by atoms with Gasteiger partial charge in [0.2, 0.25) is 0 Å². The van der Waals surface area contributed by atoms with Gasteiger partial charge in [0.05, 0.1) is 6.10 Å². The monoisotopic (exact) mass is 414 g/mol. The Morgan fingerprint density at radius 1 is 0.933 bits per heavy atom. The molecule has 2 heteroatoms. The van der Waals surface area contributed by atoms with Crippen LogP contribution >= 0.6 is 0 Å². The number of unbranched alkanes of at least 4 members (excludes halogenated alkanes) is 2. The lowest BCUT2D eigenvalue weighted by Crippen LogP contribution is -2.34. The van der Waals surface area contributed by atoms with Crippen LogP contribution in [0.5, 0.6) is 0 Å². The molecule has 1 nitrogen and oxygen atoms in total. The Hall–Kier alpha value is -0.890.